The Bertz CT molecular complexity index is 1660. The molecule has 0 saturated carbocycles. The van der Waals surface area contributed by atoms with Crippen molar-refractivity contribution in [2.45, 2.75) is 163 Å². The van der Waals surface area contributed by atoms with E-state index >= 15 is 0 Å². The molecule has 2 rings (SSSR count). The van der Waals surface area contributed by atoms with Crippen LogP contribution in [0.5, 0.6) is 0 Å². The number of methoxy groups -OCH3 is 2. The van der Waals surface area contributed by atoms with Gasteiger partial charge >= 0.3 is 12.1 Å². The van der Waals surface area contributed by atoms with Gasteiger partial charge in [-0.25, -0.2) is 4.79 Å². The Morgan fingerprint density at radius 2 is 1.44 bits per heavy atom. The molecule has 1 aromatic carbocycles. The summed E-state index contributed by atoms with van der Waals surface area (Å²) in [4.78, 5) is 86.4. The van der Waals surface area contributed by atoms with Crippen molar-refractivity contribution in [3.05, 3.63) is 35.9 Å². The summed E-state index contributed by atoms with van der Waals surface area (Å²) in [6.07, 6.45) is -2.56. The lowest BCUT2D eigenvalue weighted by Crippen LogP contribution is -2.60. The fourth-order valence-corrected chi connectivity index (χ4v) is 8.45. The number of nitrogens with one attached hydrogen (secondary N) is 2. The van der Waals surface area contributed by atoms with Gasteiger partial charge in [-0.15, -0.1) is 0 Å². The largest absolute Gasteiger partial charge is 0.424 e. The Hall–Kier alpha value is -4.32. The van der Waals surface area contributed by atoms with E-state index in [0.717, 1.165) is 4.90 Å². The summed E-state index contributed by atoms with van der Waals surface area (Å²) in [6, 6.07) is 4.54. The molecule has 1 saturated heterocycles. The number of benzene rings is 1. The second-order valence-electron chi connectivity index (χ2n) is 18.4. The lowest BCUT2D eigenvalue weighted by atomic mass is 9.89. The molecule has 5 amide bonds. The number of likely N-dealkylation sites (N-methyl/N-ethyl adjacent to an activating group) is 2. The number of carbonyl (C=O) groups is 6. The topological polar surface area (TPSA) is 219 Å². The average molecular weight is 905 g/mol. The first-order chi connectivity index (χ1) is 29.9. The second-order valence-corrected chi connectivity index (χ2v) is 18.4. The molecule has 1 unspecified atom stereocenters. The number of ether oxygens (including phenoxy) is 4. The molecule has 1 fully saturated rings. The summed E-state index contributed by atoms with van der Waals surface area (Å²) >= 11 is 0. The first-order valence-corrected chi connectivity index (χ1v) is 22.8. The Labute approximate surface area is 381 Å². The first-order valence-electron chi connectivity index (χ1n) is 22.8. The SMILES string of the molecule is CC[C@H](C)[C@@H]([C@@H](CC(=O)N1CCC[C@H]1[C@H](OC)[C@@H](C)C(=O)N[C@H](C)[C@@H](O)c1ccccc1)OC)N(C)C(=O)[C@@H](NC(=O)[C@H](C(C)C)N(C)C(=O)OC(C)OC(=O)[C@@H](N)C(C)C)C(C)C. The van der Waals surface area contributed by atoms with Crippen LogP contribution in [-0.4, -0.2) is 145 Å². The zero-order valence-electron chi connectivity index (χ0n) is 41.0. The summed E-state index contributed by atoms with van der Waals surface area (Å²) in [5.41, 5.74) is 6.55. The minimum atomic E-state index is -1.28. The van der Waals surface area contributed by atoms with Crippen molar-refractivity contribution in [2.24, 2.45) is 35.3 Å². The number of nitrogens with two attached hydrogens (primary N) is 1. The maximum atomic E-state index is 14.5. The molecule has 17 heteroatoms. The minimum Gasteiger partial charge on any atom is -0.424 e. The maximum absolute atomic E-state index is 14.5. The molecule has 1 aliphatic heterocycles. The minimum absolute atomic E-state index is 0.0604. The molecule has 0 radical (unpaired) electrons. The highest BCUT2D eigenvalue weighted by molar-refractivity contribution is 5.92. The predicted molar refractivity (Wildman–Crippen MR) is 243 cm³/mol. The molecule has 1 heterocycles. The highest BCUT2D eigenvalue weighted by atomic mass is 16.7. The van der Waals surface area contributed by atoms with Gasteiger partial charge < -0.3 is 50.2 Å². The van der Waals surface area contributed by atoms with Gasteiger partial charge in [0.2, 0.25) is 29.9 Å². The number of likely N-dealkylation sites (tertiary alicyclic amines) is 1. The van der Waals surface area contributed by atoms with Gasteiger partial charge in [0.1, 0.15) is 18.1 Å². The first kappa shape index (κ1) is 55.8. The predicted octanol–water partition coefficient (Wildman–Crippen LogP) is 4.25. The Kier molecular flexibility index (Phi) is 22.7. The van der Waals surface area contributed by atoms with Gasteiger partial charge in [0.25, 0.3) is 0 Å². The summed E-state index contributed by atoms with van der Waals surface area (Å²) in [7, 11) is 6.07. The van der Waals surface area contributed by atoms with Crippen LogP contribution in [0.3, 0.4) is 0 Å². The van der Waals surface area contributed by atoms with E-state index in [2.05, 4.69) is 10.6 Å². The van der Waals surface area contributed by atoms with Gasteiger partial charge in [0.15, 0.2) is 0 Å². The summed E-state index contributed by atoms with van der Waals surface area (Å²) in [6.45, 7) is 19.9. The Morgan fingerprint density at radius 1 is 0.828 bits per heavy atom. The lowest BCUT2D eigenvalue weighted by molar-refractivity contribution is -0.169. The molecule has 0 bridgehead atoms. The fourth-order valence-electron chi connectivity index (χ4n) is 8.45. The third-order valence-electron chi connectivity index (χ3n) is 12.6. The van der Waals surface area contributed by atoms with Crippen LogP contribution >= 0.6 is 0 Å². The molecular weight excluding hydrogens is 825 g/mol. The molecule has 0 aromatic heterocycles. The third kappa shape index (κ3) is 14.9. The second kappa shape index (κ2) is 26.0. The van der Waals surface area contributed by atoms with Crippen molar-refractivity contribution < 1.29 is 52.8 Å². The quantitative estimate of drug-likeness (QED) is 0.0846. The van der Waals surface area contributed by atoms with Crippen molar-refractivity contribution in [1.82, 2.24) is 25.3 Å². The van der Waals surface area contributed by atoms with Crippen molar-refractivity contribution in [3.63, 3.8) is 0 Å². The highest BCUT2D eigenvalue weighted by Gasteiger charge is 2.44. The molecule has 364 valence electrons. The summed E-state index contributed by atoms with van der Waals surface area (Å²) in [5, 5.41) is 16.7. The number of esters is 1. The lowest BCUT2D eigenvalue weighted by Gasteiger charge is -2.41. The van der Waals surface area contributed by atoms with Crippen LogP contribution in [0, 0.1) is 29.6 Å². The number of nitrogens with zero attached hydrogens (tertiary/aromatic N) is 3. The number of hydrogen-bond donors (Lipinski definition) is 4. The summed E-state index contributed by atoms with van der Waals surface area (Å²) in [5.74, 6) is -4.01. The zero-order chi connectivity index (χ0) is 48.7. The maximum Gasteiger partial charge on any atom is 0.413 e. The zero-order valence-corrected chi connectivity index (χ0v) is 41.0. The number of aliphatic hydroxyl groups is 1. The van der Waals surface area contributed by atoms with Crippen molar-refractivity contribution in [2.75, 3.05) is 34.9 Å². The van der Waals surface area contributed by atoms with Crippen LogP contribution in [0.25, 0.3) is 0 Å². The van der Waals surface area contributed by atoms with Gasteiger partial charge in [-0.3, -0.25) is 28.9 Å². The van der Waals surface area contributed by atoms with E-state index in [1.165, 1.54) is 28.2 Å². The smallest absolute Gasteiger partial charge is 0.413 e. The van der Waals surface area contributed by atoms with Crippen LogP contribution in [-0.2, 0) is 42.9 Å². The van der Waals surface area contributed by atoms with Crippen molar-refractivity contribution in [3.8, 4) is 0 Å². The number of aliphatic hydroxyl groups excluding tert-OH is 1. The molecule has 1 aliphatic rings. The average Bonchev–Trinajstić information content (AvgIpc) is 3.74. The normalized spacial score (nSPS) is 19.3. The van der Waals surface area contributed by atoms with Crippen LogP contribution in [0.15, 0.2) is 30.3 Å². The molecule has 17 nitrogen and oxygen atoms in total. The molecular formula is C47H80N6O11. The number of rotatable bonds is 24. The van der Waals surface area contributed by atoms with Crippen molar-refractivity contribution >= 4 is 35.7 Å². The van der Waals surface area contributed by atoms with Crippen molar-refractivity contribution in [1.29, 1.82) is 0 Å². The van der Waals surface area contributed by atoms with E-state index in [0.29, 0.717) is 31.4 Å². The summed E-state index contributed by atoms with van der Waals surface area (Å²) < 4.78 is 22.5. The molecule has 5 N–H and O–H groups in total. The van der Waals surface area contributed by atoms with Crippen LogP contribution in [0.4, 0.5) is 4.79 Å². The van der Waals surface area contributed by atoms with Gasteiger partial charge in [0.05, 0.1) is 48.8 Å². The molecule has 1 aromatic rings. The van der Waals surface area contributed by atoms with E-state index in [1.807, 2.05) is 32.0 Å². The van der Waals surface area contributed by atoms with Gasteiger partial charge in [-0.2, -0.15) is 0 Å². The van der Waals surface area contributed by atoms with E-state index in [4.69, 9.17) is 24.7 Å². The number of amides is 5. The van der Waals surface area contributed by atoms with E-state index in [9.17, 15) is 33.9 Å². The molecule has 64 heavy (non-hydrogen) atoms. The molecule has 0 aliphatic carbocycles. The molecule has 0 spiro atoms. The van der Waals surface area contributed by atoms with E-state index in [-0.39, 0.29) is 36.0 Å². The van der Waals surface area contributed by atoms with Gasteiger partial charge in [0, 0.05) is 41.8 Å². The van der Waals surface area contributed by atoms with Gasteiger partial charge in [-0.05, 0) is 49.0 Å². The van der Waals surface area contributed by atoms with Crippen LogP contribution in [0.2, 0.25) is 0 Å². The fraction of sp³-hybridized carbons (Fsp3) is 0.745. The van der Waals surface area contributed by atoms with Crippen LogP contribution < -0.4 is 16.4 Å². The van der Waals surface area contributed by atoms with Gasteiger partial charge in [-0.1, -0.05) is 99.1 Å². The third-order valence-corrected chi connectivity index (χ3v) is 12.6. The molecule has 12 atom stereocenters. The number of carbonyl (C=O) groups excluding carboxylic acids is 6. The highest BCUT2D eigenvalue weighted by Crippen LogP contribution is 2.30. The standard InChI is InChI=1S/C47H80N6O11/c1-16-29(8)40(51(12)45(58)38(27(4)5)50-44(57)39(28(6)7)52(13)47(60)64-32(11)63-46(59)37(48)26(2)3)35(61-14)25-36(54)53-24-20-23-34(53)42(62-15)30(9)43(56)49-31(10)41(55)33-21-18-17-19-22-33/h17-19,21-22,26-32,34-35,37-42,55H,16,20,23-25,48H2,1-15H3,(H,49,56)(H,50,57)/t29-,30+,31+,32?,34-,35+,37-,38-,39-,40-,41+,42+/m0/s1. The Balaban J connectivity index is 2.26. The van der Waals surface area contributed by atoms with E-state index < -0.39 is 96.6 Å². The number of hydrogen-bond acceptors (Lipinski definition) is 12. The van der Waals surface area contributed by atoms with Crippen LogP contribution in [0.1, 0.15) is 114 Å². The monoisotopic (exact) mass is 905 g/mol. The van der Waals surface area contributed by atoms with E-state index in [1.54, 1.807) is 84.4 Å². The Morgan fingerprint density at radius 3 is 1.95 bits per heavy atom.